The lowest BCUT2D eigenvalue weighted by Crippen LogP contribution is -2.49. The maximum absolute atomic E-state index is 6.18. The predicted octanol–water partition coefficient (Wildman–Crippen LogP) is 4.12. The summed E-state index contributed by atoms with van der Waals surface area (Å²) >= 11 is 0. The highest BCUT2D eigenvalue weighted by Crippen LogP contribution is 2.30. The lowest BCUT2D eigenvalue weighted by atomic mass is 9.87. The van der Waals surface area contributed by atoms with Crippen LogP contribution in [0, 0.1) is 5.92 Å². The van der Waals surface area contributed by atoms with E-state index in [-0.39, 0.29) is 13.5 Å². The highest BCUT2D eigenvalue weighted by Gasteiger charge is 2.33. The first kappa shape index (κ1) is 17.0. The van der Waals surface area contributed by atoms with Gasteiger partial charge in [0.05, 0.1) is 5.69 Å². The first-order valence-corrected chi connectivity index (χ1v) is 9.15. The number of piperidine rings is 2. The molecule has 0 amide bonds. The molecule has 0 saturated carbocycles. The van der Waals surface area contributed by atoms with Crippen molar-refractivity contribution in [1.82, 2.24) is 20.1 Å². The Balaban J connectivity index is 0.00000168. The second-order valence-electron chi connectivity index (χ2n) is 7.18. The van der Waals surface area contributed by atoms with Gasteiger partial charge < -0.3 is 14.6 Å². The van der Waals surface area contributed by atoms with Crippen molar-refractivity contribution in [1.29, 1.82) is 0 Å². The average molecular weight is 350 g/mol. The Kier molecular flexibility index (Phi) is 4.64. The summed E-state index contributed by atoms with van der Waals surface area (Å²) in [4.78, 5) is 5.77. The van der Waals surface area contributed by atoms with Gasteiger partial charge in [0.15, 0.2) is 0 Å². The fourth-order valence-corrected chi connectivity index (χ4v) is 4.20. The van der Waals surface area contributed by atoms with Crippen molar-refractivity contribution in [3.63, 3.8) is 0 Å². The molecule has 2 bridgehead atoms. The molecule has 0 spiro atoms. The molecule has 2 aromatic heterocycles. The molecular weight excluding hydrogens is 324 g/mol. The number of fused-ring (bicyclic) bond motifs is 3. The quantitative estimate of drug-likeness (QED) is 0.772. The van der Waals surface area contributed by atoms with Crippen LogP contribution >= 0.6 is 0 Å². The monoisotopic (exact) mass is 350 g/mol. The molecule has 5 heteroatoms. The minimum Gasteiger partial charge on any atom is -0.473 e. The molecule has 3 aromatic rings. The molecule has 1 aromatic carbocycles. The van der Waals surface area contributed by atoms with E-state index < -0.39 is 0 Å². The molecular formula is C21H26N4O. The lowest BCUT2D eigenvalue weighted by Gasteiger charge is -2.42. The highest BCUT2D eigenvalue weighted by molar-refractivity contribution is 5.84. The number of benzene rings is 1. The molecule has 5 rings (SSSR count). The highest BCUT2D eigenvalue weighted by atomic mass is 16.5. The molecule has 2 aliphatic heterocycles. The first-order valence-electron chi connectivity index (χ1n) is 9.15. The van der Waals surface area contributed by atoms with Crippen LogP contribution in [-0.2, 0) is 0 Å². The molecule has 0 aliphatic carbocycles. The van der Waals surface area contributed by atoms with Gasteiger partial charge in [-0.25, -0.2) is 0 Å². The summed E-state index contributed by atoms with van der Waals surface area (Å²) < 4.78 is 6.18. The number of H-pyrrole nitrogens is 1. The van der Waals surface area contributed by atoms with Crippen LogP contribution in [0.5, 0.6) is 5.88 Å². The van der Waals surface area contributed by atoms with E-state index in [4.69, 9.17) is 4.74 Å². The summed E-state index contributed by atoms with van der Waals surface area (Å²) in [6, 6.07) is 12.3. The van der Waals surface area contributed by atoms with E-state index in [1.54, 1.807) is 0 Å². The molecule has 1 N–H and O–H groups in total. The van der Waals surface area contributed by atoms with Crippen LogP contribution in [0.4, 0.5) is 0 Å². The van der Waals surface area contributed by atoms with Crippen molar-refractivity contribution in [2.75, 3.05) is 19.6 Å². The van der Waals surface area contributed by atoms with Crippen LogP contribution in [0.3, 0.4) is 0 Å². The average Bonchev–Trinajstić information content (AvgIpc) is 3.13. The molecule has 136 valence electrons. The van der Waals surface area contributed by atoms with Crippen LogP contribution in [0.15, 0.2) is 42.6 Å². The van der Waals surface area contributed by atoms with Crippen LogP contribution < -0.4 is 4.74 Å². The number of hydrogen-bond donors (Lipinski definition) is 1. The Hall–Kier alpha value is -2.40. The maximum Gasteiger partial charge on any atom is 0.233 e. The molecule has 2 unspecified atom stereocenters. The Bertz CT molecular complexity index is 873. The third-order valence-corrected chi connectivity index (χ3v) is 5.56. The second kappa shape index (κ2) is 7.08. The van der Waals surface area contributed by atoms with E-state index in [0.29, 0.717) is 11.8 Å². The fraction of sp³-hybridized carbons (Fsp3) is 0.429. The number of rotatable bonds is 3. The third kappa shape index (κ3) is 3.19. The second-order valence-corrected chi connectivity index (χ2v) is 7.18. The number of hydrogen-bond acceptors (Lipinski definition) is 4. The number of nitrogens with zero attached hydrogens (tertiary/aromatic N) is 3. The molecule has 4 heterocycles. The molecule has 2 saturated heterocycles. The topological polar surface area (TPSA) is 54.0 Å². The molecule has 2 aliphatic rings. The first-order chi connectivity index (χ1) is 12.3. The van der Waals surface area contributed by atoms with E-state index in [1.165, 1.54) is 31.3 Å². The normalized spacial score (nSPS) is 24.8. The van der Waals surface area contributed by atoms with Gasteiger partial charge >= 0.3 is 0 Å². The van der Waals surface area contributed by atoms with Gasteiger partial charge in [0.1, 0.15) is 6.10 Å². The van der Waals surface area contributed by atoms with Gasteiger partial charge in [-0.2, -0.15) is 0 Å². The minimum atomic E-state index is 0. The van der Waals surface area contributed by atoms with Gasteiger partial charge in [-0.15, -0.1) is 10.2 Å². The van der Waals surface area contributed by atoms with Gasteiger partial charge in [0.2, 0.25) is 5.88 Å². The van der Waals surface area contributed by atoms with Crippen molar-refractivity contribution < 1.29 is 4.74 Å². The zero-order valence-corrected chi connectivity index (χ0v) is 14.2. The standard InChI is InChI=1S/C20H22N4O.CH4/c1-2-16-13-24(10-1)11-8-19(16)25-20-6-5-18(22-23-20)14-3-4-17-15(12-14)7-9-21-17;/h3-7,9,12,16,19,21H,1-2,8,10-11,13H2;1H4/t16?,19-;/m1./s1. The van der Waals surface area contributed by atoms with Crippen LogP contribution in [-0.4, -0.2) is 45.8 Å². The van der Waals surface area contributed by atoms with Gasteiger partial charge in [0, 0.05) is 47.7 Å². The van der Waals surface area contributed by atoms with Gasteiger partial charge in [-0.05, 0) is 50.1 Å². The SMILES string of the molecule is C.c1cc2cc(-c3ccc(O[C@@H]4CCN5CCCC4C5)nn3)ccc2[nH]1. The number of ether oxygens (including phenoxy) is 1. The largest absolute Gasteiger partial charge is 0.473 e. The number of nitrogens with one attached hydrogen (secondary N) is 1. The van der Waals surface area contributed by atoms with Crippen molar-refractivity contribution in [3.8, 4) is 17.1 Å². The molecule has 5 nitrogen and oxygen atoms in total. The Labute approximate surface area is 154 Å². The smallest absolute Gasteiger partial charge is 0.233 e. The summed E-state index contributed by atoms with van der Waals surface area (Å²) in [5.41, 5.74) is 3.09. The van der Waals surface area contributed by atoms with E-state index in [0.717, 1.165) is 29.7 Å². The molecule has 2 fully saturated rings. The summed E-state index contributed by atoms with van der Waals surface area (Å²) in [7, 11) is 0. The van der Waals surface area contributed by atoms with E-state index in [9.17, 15) is 0 Å². The molecule has 3 atom stereocenters. The van der Waals surface area contributed by atoms with E-state index in [1.807, 2.05) is 18.3 Å². The minimum absolute atomic E-state index is 0. The zero-order valence-electron chi connectivity index (χ0n) is 14.2. The van der Waals surface area contributed by atoms with Crippen LogP contribution in [0.25, 0.3) is 22.2 Å². The Morgan fingerprint density at radius 1 is 1.04 bits per heavy atom. The van der Waals surface area contributed by atoms with Gasteiger partial charge in [0.25, 0.3) is 0 Å². The Morgan fingerprint density at radius 3 is 2.88 bits per heavy atom. The fourth-order valence-electron chi connectivity index (χ4n) is 4.20. The summed E-state index contributed by atoms with van der Waals surface area (Å²) in [6.07, 6.45) is 5.89. The summed E-state index contributed by atoms with van der Waals surface area (Å²) in [5.74, 6) is 1.29. The van der Waals surface area contributed by atoms with E-state index in [2.05, 4.69) is 44.3 Å². The van der Waals surface area contributed by atoms with Crippen LogP contribution in [0.2, 0.25) is 0 Å². The van der Waals surface area contributed by atoms with Gasteiger partial charge in [-0.1, -0.05) is 13.5 Å². The van der Waals surface area contributed by atoms with Gasteiger partial charge in [-0.3, -0.25) is 0 Å². The lowest BCUT2D eigenvalue weighted by molar-refractivity contribution is 0.0123. The van der Waals surface area contributed by atoms with E-state index >= 15 is 0 Å². The van der Waals surface area contributed by atoms with Crippen LogP contribution in [0.1, 0.15) is 26.7 Å². The third-order valence-electron chi connectivity index (χ3n) is 5.56. The Morgan fingerprint density at radius 2 is 2.00 bits per heavy atom. The molecule has 26 heavy (non-hydrogen) atoms. The zero-order chi connectivity index (χ0) is 16.6. The summed E-state index contributed by atoms with van der Waals surface area (Å²) in [6.45, 7) is 3.57. The maximum atomic E-state index is 6.18. The van der Waals surface area contributed by atoms with Crippen molar-refractivity contribution >= 4 is 10.9 Å². The van der Waals surface area contributed by atoms with Crippen molar-refractivity contribution in [2.45, 2.75) is 32.8 Å². The van der Waals surface area contributed by atoms with Crippen molar-refractivity contribution in [3.05, 3.63) is 42.6 Å². The summed E-state index contributed by atoms with van der Waals surface area (Å²) in [5, 5.41) is 9.90. The molecule has 0 radical (unpaired) electrons. The number of aromatic amines is 1. The predicted molar refractivity (Wildman–Crippen MR) is 104 cm³/mol. The van der Waals surface area contributed by atoms with Crippen molar-refractivity contribution in [2.24, 2.45) is 5.92 Å². The number of aromatic nitrogens is 3.